The molecular weight excluding hydrogens is 268 g/mol. The zero-order chi connectivity index (χ0) is 13.8. The lowest BCUT2D eigenvalue weighted by Gasteiger charge is -2.37. The molecule has 0 N–H and O–H groups in total. The first-order valence-corrected chi connectivity index (χ1v) is 6.58. The Morgan fingerprint density at radius 2 is 2.05 bits per heavy atom. The van der Waals surface area contributed by atoms with Crippen LogP contribution in [0.25, 0.3) is 0 Å². The molecule has 1 aliphatic rings. The van der Waals surface area contributed by atoms with Gasteiger partial charge >= 0.3 is 5.97 Å². The summed E-state index contributed by atoms with van der Waals surface area (Å²) in [4.78, 5) is 23.3. The van der Waals surface area contributed by atoms with Gasteiger partial charge in [-0.05, 0) is 6.92 Å². The highest BCUT2D eigenvalue weighted by Crippen LogP contribution is 2.17. The zero-order valence-corrected chi connectivity index (χ0v) is 11.8. The average molecular weight is 285 g/mol. The Morgan fingerprint density at radius 1 is 1.37 bits per heavy atom. The highest BCUT2D eigenvalue weighted by Gasteiger charge is 2.23. The molecule has 0 aromatic carbocycles. The van der Waals surface area contributed by atoms with E-state index in [4.69, 9.17) is 16.3 Å². The van der Waals surface area contributed by atoms with Crippen LogP contribution in [0.5, 0.6) is 0 Å². The van der Waals surface area contributed by atoms with Gasteiger partial charge in [0, 0.05) is 39.2 Å². The van der Waals surface area contributed by atoms with Gasteiger partial charge in [0.1, 0.15) is 17.3 Å². The lowest BCUT2D eigenvalue weighted by molar-refractivity contribution is -0.155. The quantitative estimate of drug-likeness (QED) is 0.613. The van der Waals surface area contributed by atoms with E-state index in [0.717, 1.165) is 32.0 Å². The van der Waals surface area contributed by atoms with Gasteiger partial charge in [-0.25, -0.2) is 9.97 Å². The lowest BCUT2D eigenvalue weighted by Crippen LogP contribution is -2.50. The summed E-state index contributed by atoms with van der Waals surface area (Å²) in [6.07, 6.45) is 1.28. The number of halogens is 1. The number of rotatable bonds is 3. The SMILES string of the molecule is CC(=O)OC(C)N1CCN(c2cc(Cl)ncn2)CC1. The topological polar surface area (TPSA) is 58.6 Å². The number of carbonyl (C=O) groups excluding carboxylic acids is 1. The fraction of sp³-hybridized carbons (Fsp3) is 0.583. The number of aromatic nitrogens is 2. The Labute approximate surface area is 117 Å². The molecule has 7 heteroatoms. The Morgan fingerprint density at radius 3 is 2.63 bits per heavy atom. The van der Waals surface area contributed by atoms with Crippen molar-refractivity contribution in [2.45, 2.75) is 20.1 Å². The van der Waals surface area contributed by atoms with E-state index in [-0.39, 0.29) is 12.2 Å². The van der Waals surface area contributed by atoms with Crippen molar-refractivity contribution < 1.29 is 9.53 Å². The molecule has 1 unspecified atom stereocenters. The van der Waals surface area contributed by atoms with Crippen molar-refractivity contribution in [1.82, 2.24) is 14.9 Å². The molecule has 0 bridgehead atoms. The third-order valence-electron chi connectivity index (χ3n) is 3.11. The summed E-state index contributed by atoms with van der Waals surface area (Å²) < 4.78 is 5.17. The molecule has 2 rings (SSSR count). The van der Waals surface area contributed by atoms with E-state index in [0.29, 0.717) is 5.15 Å². The van der Waals surface area contributed by atoms with Crippen LogP contribution in [-0.4, -0.2) is 53.2 Å². The Kier molecular flexibility index (Phi) is 4.55. The van der Waals surface area contributed by atoms with Crippen molar-refractivity contribution in [1.29, 1.82) is 0 Å². The fourth-order valence-corrected chi connectivity index (χ4v) is 2.27. The maximum atomic E-state index is 10.9. The third kappa shape index (κ3) is 3.78. The van der Waals surface area contributed by atoms with Crippen molar-refractivity contribution in [2.24, 2.45) is 0 Å². The van der Waals surface area contributed by atoms with E-state index in [9.17, 15) is 4.79 Å². The van der Waals surface area contributed by atoms with Gasteiger partial charge in [-0.2, -0.15) is 0 Å². The van der Waals surface area contributed by atoms with Gasteiger partial charge in [0.25, 0.3) is 0 Å². The van der Waals surface area contributed by atoms with Crippen LogP contribution in [-0.2, 0) is 9.53 Å². The molecule has 1 atom stereocenters. The van der Waals surface area contributed by atoms with Crippen LogP contribution >= 0.6 is 11.6 Å². The molecule has 1 aromatic rings. The second-order valence-corrected chi connectivity index (χ2v) is 4.82. The van der Waals surface area contributed by atoms with Crippen LogP contribution in [0.4, 0.5) is 5.82 Å². The molecule has 0 saturated carbocycles. The minimum absolute atomic E-state index is 0.186. The van der Waals surface area contributed by atoms with Crippen LogP contribution in [0, 0.1) is 0 Å². The first kappa shape index (κ1) is 14.0. The van der Waals surface area contributed by atoms with Crippen LogP contribution in [0.2, 0.25) is 5.15 Å². The number of hydrogen-bond acceptors (Lipinski definition) is 6. The van der Waals surface area contributed by atoms with Gasteiger partial charge < -0.3 is 9.64 Å². The molecule has 1 fully saturated rings. The first-order valence-electron chi connectivity index (χ1n) is 6.20. The van der Waals surface area contributed by atoms with Crippen LogP contribution < -0.4 is 4.90 Å². The highest BCUT2D eigenvalue weighted by atomic mass is 35.5. The van der Waals surface area contributed by atoms with Crippen molar-refractivity contribution in [3.05, 3.63) is 17.5 Å². The minimum atomic E-state index is -0.252. The van der Waals surface area contributed by atoms with E-state index in [2.05, 4.69) is 19.8 Å². The number of hydrogen-bond donors (Lipinski definition) is 0. The molecule has 1 aromatic heterocycles. The molecule has 1 saturated heterocycles. The molecule has 0 spiro atoms. The molecule has 1 aliphatic heterocycles. The maximum absolute atomic E-state index is 10.9. The smallest absolute Gasteiger partial charge is 0.304 e. The largest absolute Gasteiger partial charge is 0.447 e. The Balaban J connectivity index is 1.90. The predicted octanol–water partition coefficient (Wildman–Crippen LogP) is 1.16. The zero-order valence-electron chi connectivity index (χ0n) is 11.0. The number of carbonyl (C=O) groups is 1. The summed E-state index contributed by atoms with van der Waals surface area (Å²) in [6.45, 7) is 6.58. The summed E-state index contributed by atoms with van der Waals surface area (Å²) >= 11 is 5.85. The van der Waals surface area contributed by atoms with Gasteiger partial charge in [-0.15, -0.1) is 0 Å². The van der Waals surface area contributed by atoms with Crippen LogP contribution in [0.15, 0.2) is 12.4 Å². The summed E-state index contributed by atoms with van der Waals surface area (Å²) in [7, 11) is 0. The van der Waals surface area contributed by atoms with Gasteiger partial charge in [-0.3, -0.25) is 9.69 Å². The van der Waals surface area contributed by atoms with E-state index in [1.165, 1.54) is 13.3 Å². The monoisotopic (exact) mass is 284 g/mol. The lowest BCUT2D eigenvalue weighted by atomic mass is 10.3. The van der Waals surface area contributed by atoms with Gasteiger partial charge in [-0.1, -0.05) is 11.6 Å². The Bertz CT molecular complexity index is 449. The number of esters is 1. The number of anilines is 1. The van der Waals surface area contributed by atoms with E-state index in [1.54, 1.807) is 6.07 Å². The molecule has 104 valence electrons. The second kappa shape index (κ2) is 6.16. The molecular formula is C12H17ClN4O2. The molecule has 0 amide bonds. The van der Waals surface area contributed by atoms with Crippen molar-refractivity contribution in [3.63, 3.8) is 0 Å². The molecule has 0 aliphatic carbocycles. The van der Waals surface area contributed by atoms with E-state index < -0.39 is 0 Å². The first-order chi connectivity index (χ1) is 9.06. The normalized spacial score (nSPS) is 18.2. The van der Waals surface area contributed by atoms with Gasteiger partial charge in [0.15, 0.2) is 6.23 Å². The molecule has 0 radical (unpaired) electrons. The van der Waals surface area contributed by atoms with Crippen molar-refractivity contribution in [3.8, 4) is 0 Å². The highest BCUT2D eigenvalue weighted by molar-refractivity contribution is 6.29. The molecule has 19 heavy (non-hydrogen) atoms. The number of piperazine rings is 1. The average Bonchev–Trinajstić information content (AvgIpc) is 2.38. The fourth-order valence-electron chi connectivity index (χ4n) is 2.13. The molecule has 2 heterocycles. The van der Waals surface area contributed by atoms with Crippen molar-refractivity contribution in [2.75, 3.05) is 31.1 Å². The second-order valence-electron chi connectivity index (χ2n) is 4.43. The molecule has 6 nitrogen and oxygen atoms in total. The van der Waals surface area contributed by atoms with Crippen molar-refractivity contribution >= 4 is 23.4 Å². The maximum Gasteiger partial charge on any atom is 0.304 e. The summed E-state index contributed by atoms with van der Waals surface area (Å²) in [6, 6.07) is 1.76. The minimum Gasteiger partial charge on any atom is -0.447 e. The van der Waals surface area contributed by atoms with Crippen LogP contribution in [0.3, 0.4) is 0 Å². The number of ether oxygens (including phenoxy) is 1. The van der Waals surface area contributed by atoms with Crippen LogP contribution in [0.1, 0.15) is 13.8 Å². The third-order valence-corrected chi connectivity index (χ3v) is 3.31. The van der Waals surface area contributed by atoms with E-state index >= 15 is 0 Å². The Hall–Kier alpha value is -1.40. The van der Waals surface area contributed by atoms with Gasteiger partial charge in [0.2, 0.25) is 0 Å². The number of nitrogens with zero attached hydrogens (tertiary/aromatic N) is 4. The predicted molar refractivity (Wildman–Crippen MR) is 72.1 cm³/mol. The summed E-state index contributed by atoms with van der Waals surface area (Å²) in [5.74, 6) is 0.581. The van der Waals surface area contributed by atoms with Gasteiger partial charge in [0.05, 0.1) is 0 Å². The standard InChI is InChI=1S/C12H17ClN4O2/c1-9(19-10(2)18)16-3-5-17(6-4-16)12-7-11(13)14-8-15-12/h7-9H,3-6H2,1-2H3. The van der Waals surface area contributed by atoms with E-state index in [1.807, 2.05) is 6.92 Å². The summed E-state index contributed by atoms with van der Waals surface area (Å²) in [5, 5.41) is 0.445. The summed E-state index contributed by atoms with van der Waals surface area (Å²) in [5.41, 5.74) is 0.